The fourth-order valence-corrected chi connectivity index (χ4v) is 3.05. The van der Waals surface area contributed by atoms with Crippen LogP contribution in [0.25, 0.3) is 0 Å². The highest BCUT2D eigenvalue weighted by molar-refractivity contribution is 5.35. The lowest BCUT2D eigenvalue weighted by molar-refractivity contribution is 0.0704. The Morgan fingerprint density at radius 1 is 1.33 bits per heavy atom. The van der Waals surface area contributed by atoms with Gasteiger partial charge in [-0.05, 0) is 31.0 Å². The predicted octanol–water partition coefficient (Wildman–Crippen LogP) is 0.552. The first-order chi connectivity index (χ1) is 11.5. The maximum Gasteiger partial charge on any atom is 0.122 e. The van der Waals surface area contributed by atoms with Gasteiger partial charge in [-0.15, -0.1) is 5.10 Å². The van der Waals surface area contributed by atoms with E-state index in [9.17, 15) is 10.2 Å². The molecule has 1 aliphatic rings. The summed E-state index contributed by atoms with van der Waals surface area (Å²) in [6.45, 7) is 5.81. The maximum absolute atomic E-state index is 10.3. The van der Waals surface area contributed by atoms with E-state index in [0.29, 0.717) is 19.6 Å². The first kappa shape index (κ1) is 16.9. The molecule has 3 atom stereocenters. The van der Waals surface area contributed by atoms with E-state index in [0.717, 1.165) is 16.9 Å². The van der Waals surface area contributed by atoms with Crippen molar-refractivity contribution in [3.8, 4) is 5.75 Å². The largest absolute Gasteiger partial charge is 0.491 e. The summed E-state index contributed by atoms with van der Waals surface area (Å²) in [6.07, 6.45) is 2.21. The fraction of sp³-hybridized carbons (Fsp3) is 0.529. The van der Waals surface area contributed by atoms with E-state index < -0.39 is 12.2 Å². The fourth-order valence-electron chi connectivity index (χ4n) is 3.05. The van der Waals surface area contributed by atoms with Gasteiger partial charge in [-0.25, -0.2) is 4.68 Å². The number of aromatic nitrogens is 3. The third-order valence-electron chi connectivity index (χ3n) is 4.36. The minimum absolute atomic E-state index is 0.125. The predicted molar refractivity (Wildman–Crippen MR) is 88.9 cm³/mol. The smallest absolute Gasteiger partial charge is 0.122 e. The van der Waals surface area contributed by atoms with Crippen LogP contribution in [0.15, 0.2) is 30.6 Å². The van der Waals surface area contributed by atoms with Crippen LogP contribution in [-0.4, -0.2) is 68.6 Å². The summed E-state index contributed by atoms with van der Waals surface area (Å²) in [5, 5.41) is 28.2. The molecule has 130 valence electrons. The molecule has 7 nitrogen and oxygen atoms in total. The standard InChI is InChI=1S/C17H24N4O3/c1-12-3-4-13(2)17(7-12)24-11-14(22)8-20-9-15(16(23)10-20)21-6-5-18-19-21/h3-7,14-16,22-23H,8-11H2,1-2H3/t14?,15-,16-/m1/s1. The molecule has 1 aromatic heterocycles. The van der Waals surface area contributed by atoms with Crippen molar-refractivity contribution in [1.29, 1.82) is 0 Å². The molecular weight excluding hydrogens is 308 g/mol. The molecule has 2 N–H and O–H groups in total. The molecule has 2 heterocycles. The van der Waals surface area contributed by atoms with Crippen LogP contribution in [0.2, 0.25) is 0 Å². The molecule has 1 aromatic carbocycles. The molecule has 1 saturated heterocycles. The van der Waals surface area contributed by atoms with Gasteiger partial charge in [0.1, 0.15) is 18.5 Å². The molecule has 3 rings (SSSR count). The number of benzene rings is 1. The number of aliphatic hydroxyl groups is 2. The van der Waals surface area contributed by atoms with Crippen molar-refractivity contribution in [3.05, 3.63) is 41.7 Å². The number of rotatable bonds is 6. The molecule has 0 radical (unpaired) electrons. The van der Waals surface area contributed by atoms with E-state index >= 15 is 0 Å². The quantitative estimate of drug-likeness (QED) is 0.804. The third kappa shape index (κ3) is 3.92. The van der Waals surface area contributed by atoms with Gasteiger partial charge in [0.25, 0.3) is 0 Å². The van der Waals surface area contributed by atoms with Gasteiger partial charge in [-0.3, -0.25) is 4.90 Å². The zero-order valence-electron chi connectivity index (χ0n) is 14.0. The molecule has 0 spiro atoms. The highest BCUT2D eigenvalue weighted by Gasteiger charge is 2.33. The number of aryl methyl sites for hydroxylation is 2. The lowest BCUT2D eigenvalue weighted by Gasteiger charge is -2.20. The molecule has 24 heavy (non-hydrogen) atoms. The van der Waals surface area contributed by atoms with Crippen LogP contribution in [0.3, 0.4) is 0 Å². The average molecular weight is 332 g/mol. The molecule has 2 aromatic rings. The van der Waals surface area contributed by atoms with E-state index in [1.807, 2.05) is 36.9 Å². The molecule has 1 aliphatic heterocycles. The van der Waals surface area contributed by atoms with Crippen molar-refractivity contribution >= 4 is 0 Å². The molecule has 0 saturated carbocycles. The van der Waals surface area contributed by atoms with Gasteiger partial charge in [0.05, 0.1) is 18.3 Å². The Morgan fingerprint density at radius 3 is 2.92 bits per heavy atom. The summed E-state index contributed by atoms with van der Waals surface area (Å²) >= 11 is 0. The number of ether oxygens (including phenoxy) is 1. The van der Waals surface area contributed by atoms with Crippen molar-refractivity contribution in [2.75, 3.05) is 26.2 Å². The highest BCUT2D eigenvalue weighted by atomic mass is 16.5. The Kier molecular flexibility index (Phi) is 5.13. The van der Waals surface area contributed by atoms with Crippen LogP contribution in [0.4, 0.5) is 0 Å². The van der Waals surface area contributed by atoms with Gasteiger partial charge in [-0.2, -0.15) is 0 Å². The zero-order chi connectivity index (χ0) is 17.1. The SMILES string of the molecule is Cc1ccc(C)c(OCC(O)CN2C[C@@H](O)[C@H](n3ccnn3)C2)c1. The lowest BCUT2D eigenvalue weighted by atomic mass is 10.1. The second-order valence-electron chi connectivity index (χ2n) is 6.47. The highest BCUT2D eigenvalue weighted by Crippen LogP contribution is 2.22. The first-order valence-electron chi connectivity index (χ1n) is 8.17. The Hall–Kier alpha value is -1.96. The number of nitrogens with zero attached hydrogens (tertiary/aromatic N) is 4. The molecule has 0 amide bonds. The van der Waals surface area contributed by atoms with Crippen molar-refractivity contribution in [2.45, 2.75) is 32.1 Å². The Morgan fingerprint density at radius 2 is 2.17 bits per heavy atom. The van der Waals surface area contributed by atoms with Gasteiger partial charge in [-0.1, -0.05) is 17.3 Å². The van der Waals surface area contributed by atoms with E-state index in [4.69, 9.17) is 4.74 Å². The van der Waals surface area contributed by atoms with Gasteiger partial charge in [0.15, 0.2) is 0 Å². The number of aliphatic hydroxyl groups excluding tert-OH is 2. The van der Waals surface area contributed by atoms with Crippen molar-refractivity contribution in [2.24, 2.45) is 0 Å². The first-order valence-corrected chi connectivity index (χ1v) is 8.17. The Balaban J connectivity index is 1.50. The van der Waals surface area contributed by atoms with Gasteiger partial charge in [0, 0.05) is 25.8 Å². The lowest BCUT2D eigenvalue weighted by Crippen LogP contribution is -2.35. The van der Waals surface area contributed by atoms with E-state index in [2.05, 4.69) is 10.3 Å². The minimum Gasteiger partial charge on any atom is -0.491 e. The average Bonchev–Trinajstić information content (AvgIpc) is 3.17. The van der Waals surface area contributed by atoms with Crippen LogP contribution in [0, 0.1) is 13.8 Å². The van der Waals surface area contributed by atoms with Gasteiger partial charge in [0.2, 0.25) is 0 Å². The van der Waals surface area contributed by atoms with Gasteiger partial charge >= 0.3 is 0 Å². The van der Waals surface area contributed by atoms with E-state index in [1.54, 1.807) is 17.1 Å². The summed E-state index contributed by atoms with van der Waals surface area (Å²) in [4.78, 5) is 2.02. The van der Waals surface area contributed by atoms with Crippen LogP contribution in [-0.2, 0) is 0 Å². The second kappa shape index (κ2) is 7.29. The van der Waals surface area contributed by atoms with Crippen molar-refractivity contribution in [3.63, 3.8) is 0 Å². The van der Waals surface area contributed by atoms with Crippen LogP contribution in [0.1, 0.15) is 17.2 Å². The van der Waals surface area contributed by atoms with E-state index in [-0.39, 0.29) is 12.6 Å². The normalized spacial score (nSPS) is 22.7. The second-order valence-corrected chi connectivity index (χ2v) is 6.47. The molecule has 0 bridgehead atoms. The van der Waals surface area contributed by atoms with Crippen LogP contribution in [0.5, 0.6) is 5.75 Å². The number of β-amino-alcohol motifs (C(OH)–C–C–N with tert-alkyl or cyclic N) is 2. The maximum atomic E-state index is 10.3. The summed E-state index contributed by atoms with van der Waals surface area (Å²) in [6, 6.07) is 5.90. The zero-order valence-corrected chi connectivity index (χ0v) is 14.0. The van der Waals surface area contributed by atoms with E-state index in [1.165, 1.54) is 0 Å². The third-order valence-corrected chi connectivity index (χ3v) is 4.36. The monoisotopic (exact) mass is 332 g/mol. The van der Waals surface area contributed by atoms with Crippen molar-refractivity contribution in [1.82, 2.24) is 19.9 Å². The molecule has 1 unspecified atom stereocenters. The van der Waals surface area contributed by atoms with Gasteiger partial charge < -0.3 is 14.9 Å². The Bertz CT molecular complexity index is 662. The molecule has 1 fully saturated rings. The summed E-state index contributed by atoms with van der Waals surface area (Å²) < 4.78 is 7.42. The van der Waals surface area contributed by atoms with Crippen molar-refractivity contribution < 1.29 is 14.9 Å². The summed E-state index contributed by atoms with van der Waals surface area (Å²) in [5.41, 5.74) is 2.18. The van der Waals surface area contributed by atoms with Crippen LogP contribution < -0.4 is 4.74 Å². The molecule has 0 aliphatic carbocycles. The Labute approximate surface area is 141 Å². The topological polar surface area (TPSA) is 83.6 Å². The number of hydrogen-bond donors (Lipinski definition) is 2. The molecule has 7 heteroatoms. The number of hydrogen-bond acceptors (Lipinski definition) is 6. The summed E-state index contributed by atoms with van der Waals surface area (Å²) in [5.74, 6) is 0.802. The minimum atomic E-state index is -0.619. The molecular formula is C17H24N4O3. The summed E-state index contributed by atoms with van der Waals surface area (Å²) in [7, 11) is 0. The van der Waals surface area contributed by atoms with Crippen LogP contribution >= 0.6 is 0 Å². The number of likely N-dealkylation sites (tertiary alicyclic amines) is 1.